The SMILES string of the molecule is C=CC(=O)N1CC(NC(=O)C2CCC2)C1. The smallest absolute Gasteiger partial charge is 0.246 e. The molecule has 2 rings (SSSR count). The summed E-state index contributed by atoms with van der Waals surface area (Å²) in [6, 6.07) is 0.155. The van der Waals surface area contributed by atoms with Crippen LogP contribution in [0.1, 0.15) is 19.3 Å². The first kappa shape index (κ1) is 10.2. The molecule has 1 heterocycles. The summed E-state index contributed by atoms with van der Waals surface area (Å²) in [6.07, 6.45) is 4.52. The quantitative estimate of drug-likeness (QED) is 0.678. The Balaban J connectivity index is 1.68. The van der Waals surface area contributed by atoms with E-state index in [2.05, 4.69) is 11.9 Å². The zero-order valence-electron chi connectivity index (χ0n) is 8.74. The molecule has 0 aromatic rings. The van der Waals surface area contributed by atoms with Gasteiger partial charge in [0.05, 0.1) is 6.04 Å². The molecule has 1 saturated carbocycles. The van der Waals surface area contributed by atoms with E-state index in [0.717, 1.165) is 12.8 Å². The second-order valence-corrected chi connectivity index (χ2v) is 4.28. The van der Waals surface area contributed by atoms with Gasteiger partial charge in [0, 0.05) is 19.0 Å². The molecule has 0 atom stereocenters. The molecule has 1 saturated heterocycles. The van der Waals surface area contributed by atoms with Crippen LogP contribution >= 0.6 is 0 Å². The maximum Gasteiger partial charge on any atom is 0.246 e. The summed E-state index contributed by atoms with van der Waals surface area (Å²) in [6.45, 7) is 4.68. The number of amides is 2. The highest BCUT2D eigenvalue weighted by atomic mass is 16.2. The Morgan fingerprint density at radius 2 is 2.00 bits per heavy atom. The number of rotatable bonds is 3. The number of carbonyl (C=O) groups is 2. The van der Waals surface area contributed by atoms with Crippen LogP contribution < -0.4 is 5.32 Å². The molecule has 15 heavy (non-hydrogen) atoms. The van der Waals surface area contributed by atoms with E-state index in [0.29, 0.717) is 13.1 Å². The van der Waals surface area contributed by atoms with Crippen LogP contribution in [-0.4, -0.2) is 35.8 Å². The Morgan fingerprint density at radius 1 is 1.33 bits per heavy atom. The molecular weight excluding hydrogens is 192 g/mol. The molecule has 2 fully saturated rings. The molecule has 0 aromatic heterocycles. The third-order valence-electron chi connectivity index (χ3n) is 3.19. The van der Waals surface area contributed by atoms with Crippen LogP contribution in [0.15, 0.2) is 12.7 Å². The van der Waals surface area contributed by atoms with Gasteiger partial charge in [-0.2, -0.15) is 0 Å². The molecule has 4 heteroatoms. The first-order valence-electron chi connectivity index (χ1n) is 5.42. The molecule has 1 aliphatic carbocycles. The molecule has 1 N–H and O–H groups in total. The molecule has 0 bridgehead atoms. The lowest BCUT2D eigenvalue weighted by Crippen LogP contribution is -2.61. The van der Waals surface area contributed by atoms with Gasteiger partial charge in [-0.05, 0) is 18.9 Å². The number of hydrogen-bond acceptors (Lipinski definition) is 2. The maximum atomic E-state index is 11.5. The van der Waals surface area contributed by atoms with Gasteiger partial charge in [-0.3, -0.25) is 9.59 Å². The van der Waals surface area contributed by atoms with Crippen molar-refractivity contribution in [3.05, 3.63) is 12.7 Å². The Morgan fingerprint density at radius 3 is 2.47 bits per heavy atom. The standard InChI is InChI=1S/C11H16N2O2/c1-2-10(14)13-6-9(7-13)12-11(15)8-4-3-5-8/h2,8-9H,1,3-7H2,(H,12,15). The molecule has 2 amide bonds. The Labute approximate surface area is 89.3 Å². The van der Waals surface area contributed by atoms with E-state index in [1.54, 1.807) is 4.90 Å². The first-order chi connectivity index (χ1) is 7.20. The van der Waals surface area contributed by atoms with Gasteiger partial charge in [-0.25, -0.2) is 0 Å². The summed E-state index contributed by atoms with van der Waals surface area (Å²) in [7, 11) is 0. The summed E-state index contributed by atoms with van der Waals surface area (Å²) in [4.78, 5) is 24.3. The highest BCUT2D eigenvalue weighted by Crippen LogP contribution is 2.26. The molecule has 1 aliphatic heterocycles. The van der Waals surface area contributed by atoms with E-state index in [9.17, 15) is 9.59 Å². The van der Waals surface area contributed by atoms with E-state index < -0.39 is 0 Å². The largest absolute Gasteiger partial charge is 0.350 e. The van der Waals surface area contributed by atoms with Crippen molar-refractivity contribution < 1.29 is 9.59 Å². The average molecular weight is 208 g/mol. The minimum absolute atomic E-state index is 0.0517. The number of nitrogens with zero attached hydrogens (tertiary/aromatic N) is 1. The lowest BCUT2D eigenvalue weighted by molar-refractivity contribution is -0.135. The van der Waals surface area contributed by atoms with Crippen molar-refractivity contribution in [1.82, 2.24) is 10.2 Å². The zero-order chi connectivity index (χ0) is 10.8. The van der Waals surface area contributed by atoms with Crippen molar-refractivity contribution >= 4 is 11.8 Å². The number of carbonyl (C=O) groups excluding carboxylic acids is 2. The molecule has 0 radical (unpaired) electrons. The highest BCUT2D eigenvalue weighted by Gasteiger charge is 2.33. The highest BCUT2D eigenvalue weighted by molar-refractivity contribution is 5.88. The molecule has 2 aliphatic rings. The van der Waals surface area contributed by atoms with Crippen LogP contribution in [0.25, 0.3) is 0 Å². The monoisotopic (exact) mass is 208 g/mol. The summed E-state index contributed by atoms with van der Waals surface area (Å²) in [5.41, 5.74) is 0. The number of nitrogens with one attached hydrogen (secondary N) is 1. The van der Waals surface area contributed by atoms with Gasteiger partial charge in [0.15, 0.2) is 0 Å². The minimum Gasteiger partial charge on any atom is -0.350 e. The van der Waals surface area contributed by atoms with Crippen molar-refractivity contribution in [1.29, 1.82) is 0 Å². The third-order valence-corrected chi connectivity index (χ3v) is 3.19. The van der Waals surface area contributed by atoms with E-state index in [4.69, 9.17) is 0 Å². The number of hydrogen-bond donors (Lipinski definition) is 1. The summed E-state index contributed by atoms with van der Waals surface area (Å²) in [5.74, 6) is 0.343. The van der Waals surface area contributed by atoms with E-state index in [1.807, 2.05) is 0 Å². The topological polar surface area (TPSA) is 49.4 Å². The van der Waals surface area contributed by atoms with Gasteiger partial charge in [0.1, 0.15) is 0 Å². The van der Waals surface area contributed by atoms with Gasteiger partial charge in [-0.1, -0.05) is 13.0 Å². The van der Waals surface area contributed by atoms with Gasteiger partial charge < -0.3 is 10.2 Å². The normalized spacial score (nSPS) is 21.5. The van der Waals surface area contributed by atoms with Crippen molar-refractivity contribution in [3.8, 4) is 0 Å². The maximum absolute atomic E-state index is 11.5. The number of likely N-dealkylation sites (tertiary alicyclic amines) is 1. The van der Waals surface area contributed by atoms with Crippen LogP contribution in [0, 0.1) is 5.92 Å². The predicted octanol–water partition coefficient (Wildman–Crippen LogP) is 0.299. The molecule has 4 nitrogen and oxygen atoms in total. The summed E-state index contributed by atoms with van der Waals surface area (Å²) >= 11 is 0. The summed E-state index contributed by atoms with van der Waals surface area (Å²) in [5, 5.41) is 2.96. The van der Waals surface area contributed by atoms with Crippen LogP contribution in [0.4, 0.5) is 0 Å². The van der Waals surface area contributed by atoms with Crippen molar-refractivity contribution in [3.63, 3.8) is 0 Å². The fourth-order valence-corrected chi connectivity index (χ4v) is 1.87. The molecule has 82 valence electrons. The van der Waals surface area contributed by atoms with E-state index in [-0.39, 0.29) is 23.8 Å². The van der Waals surface area contributed by atoms with E-state index in [1.165, 1.54) is 12.5 Å². The van der Waals surface area contributed by atoms with E-state index >= 15 is 0 Å². The van der Waals surface area contributed by atoms with Crippen LogP contribution in [-0.2, 0) is 9.59 Å². The Kier molecular flexibility index (Phi) is 2.75. The van der Waals surface area contributed by atoms with Gasteiger partial charge in [0.25, 0.3) is 0 Å². The minimum atomic E-state index is -0.0517. The van der Waals surface area contributed by atoms with Gasteiger partial charge in [0.2, 0.25) is 11.8 Å². The average Bonchev–Trinajstić information content (AvgIpc) is 2.06. The third kappa shape index (κ3) is 2.03. The fourth-order valence-electron chi connectivity index (χ4n) is 1.87. The zero-order valence-corrected chi connectivity index (χ0v) is 8.74. The Bertz CT molecular complexity index is 291. The van der Waals surface area contributed by atoms with Gasteiger partial charge >= 0.3 is 0 Å². The van der Waals surface area contributed by atoms with Crippen molar-refractivity contribution in [2.75, 3.05) is 13.1 Å². The van der Waals surface area contributed by atoms with Gasteiger partial charge in [-0.15, -0.1) is 0 Å². The first-order valence-corrected chi connectivity index (χ1v) is 5.42. The second-order valence-electron chi connectivity index (χ2n) is 4.28. The molecular formula is C11H16N2O2. The Hall–Kier alpha value is -1.32. The van der Waals surface area contributed by atoms with Crippen molar-refractivity contribution in [2.45, 2.75) is 25.3 Å². The molecule has 0 spiro atoms. The van der Waals surface area contributed by atoms with Crippen LogP contribution in [0.2, 0.25) is 0 Å². The van der Waals surface area contributed by atoms with Crippen LogP contribution in [0.5, 0.6) is 0 Å². The second kappa shape index (κ2) is 4.04. The van der Waals surface area contributed by atoms with Crippen LogP contribution in [0.3, 0.4) is 0 Å². The fraction of sp³-hybridized carbons (Fsp3) is 0.636. The lowest BCUT2D eigenvalue weighted by Gasteiger charge is -2.40. The van der Waals surface area contributed by atoms with Crippen molar-refractivity contribution in [2.24, 2.45) is 5.92 Å². The molecule has 0 unspecified atom stereocenters. The molecule has 0 aromatic carbocycles. The predicted molar refractivity (Wildman–Crippen MR) is 56.0 cm³/mol. The lowest BCUT2D eigenvalue weighted by atomic mass is 9.84. The summed E-state index contributed by atoms with van der Waals surface area (Å²) < 4.78 is 0.